The van der Waals surface area contributed by atoms with Gasteiger partial charge in [0.05, 0.1) is 11.4 Å². The van der Waals surface area contributed by atoms with Gasteiger partial charge in [-0.15, -0.1) is 0 Å². The van der Waals surface area contributed by atoms with Crippen LogP contribution >= 0.6 is 0 Å². The van der Waals surface area contributed by atoms with E-state index in [1.54, 1.807) is 12.4 Å². The van der Waals surface area contributed by atoms with Crippen LogP contribution in [0.4, 0.5) is 5.69 Å². The minimum atomic E-state index is -0.0677. The average molecular weight is 270 g/mol. The minimum absolute atomic E-state index is 0.0677. The number of anilines is 1. The van der Waals surface area contributed by atoms with Crippen molar-refractivity contribution in [2.24, 2.45) is 0 Å². The summed E-state index contributed by atoms with van der Waals surface area (Å²) in [7, 11) is 0. The van der Waals surface area contributed by atoms with Gasteiger partial charge in [0.25, 0.3) is 0 Å². The number of para-hydroxylation sites is 1. The first-order valence-electron chi connectivity index (χ1n) is 6.49. The lowest BCUT2D eigenvalue weighted by Gasteiger charge is -2.10. The van der Waals surface area contributed by atoms with E-state index in [4.69, 9.17) is 0 Å². The summed E-state index contributed by atoms with van der Waals surface area (Å²) >= 11 is 0. The number of hydrogen-bond acceptors (Lipinski definition) is 4. The Morgan fingerprint density at radius 3 is 2.65 bits per heavy atom. The fourth-order valence-corrected chi connectivity index (χ4v) is 1.82. The van der Waals surface area contributed by atoms with Crippen molar-refractivity contribution < 1.29 is 4.79 Å². The molecule has 0 atom stereocenters. The number of carbonyl (C=O) groups excluding carboxylic acids is 1. The third kappa shape index (κ3) is 4.13. The number of nitrogens with zero attached hydrogens (tertiary/aromatic N) is 2. The molecule has 0 aliphatic rings. The summed E-state index contributed by atoms with van der Waals surface area (Å²) < 4.78 is 0. The van der Waals surface area contributed by atoms with Gasteiger partial charge in [0.2, 0.25) is 5.91 Å². The Bertz CT molecular complexity index is 581. The topological polar surface area (TPSA) is 66.9 Å². The predicted octanol–water partition coefficient (Wildman–Crippen LogP) is 2.03. The number of benzene rings is 1. The highest BCUT2D eigenvalue weighted by molar-refractivity contribution is 5.89. The molecule has 0 aliphatic carbocycles. The number of rotatable bonds is 5. The zero-order valence-corrected chi connectivity index (χ0v) is 11.7. The highest BCUT2D eigenvalue weighted by Crippen LogP contribution is 2.14. The smallest absolute Gasteiger partial charge is 0.221 e. The van der Waals surface area contributed by atoms with E-state index >= 15 is 0 Å². The Kier molecular flexibility index (Phi) is 4.79. The van der Waals surface area contributed by atoms with Crippen LogP contribution in [-0.2, 0) is 17.9 Å². The molecule has 0 saturated carbocycles. The largest absolute Gasteiger partial charge is 0.326 e. The minimum Gasteiger partial charge on any atom is -0.326 e. The molecule has 2 rings (SSSR count). The van der Waals surface area contributed by atoms with Crippen LogP contribution in [-0.4, -0.2) is 15.9 Å². The van der Waals surface area contributed by atoms with Crippen molar-refractivity contribution in [1.82, 2.24) is 15.3 Å². The molecule has 0 saturated heterocycles. The van der Waals surface area contributed by atoms with E-state index in [9.17, 15) is 4.79 Å². The third-order valence-electron chi connectivity index (χ3n) is 2.78. The van der Waals surface area contributed by atoms with E-state index in [0.717, 1.165) is 22.6 Å². The molecule has 0 unspecified atom stereocenters. The van der Waals surface area contributed by atoms with Gasteiger partial charge in [0, 0.05) is 38.1 Å². The Morgan fingerprint density at radius 2 is 1.95 bits per heavy atom. The molecule has 2 N–H and O–H groups in total. The second-order valence-electron chi connectivity index (χ2n) is 4.59. The van der Waals surface area contributed by atoms with Crippen LogP contribution in [0.2, 0.25) is 0 Å². The van der Waals surface area contributed by atoms with Crippen molar-refractivity contribution in [3.8, 4) is 0 Å². The summed E-state index contributed by atoms with van der Waals surface area (Å²) in [4.78, 5) is 19.6. The molecule has 0 radical (unpaired) electrons. The molecule has 1 aromatic carbocycles. The summed E-state index contributed by atoms with van der Waals surface area (Å²) in [6, 6.07) is 7.73. The van der Waals surface area contributed by atoms with Gasteiger partial charge < -0.3 is 10.6 Å². The molecule has 0 bridgehead atoms. The molecule has 1 aromatic heterocycles. The van der Waals surface area contributed by atoms with E-state index in [-0.39, 0.29) is 5.91 Å². The van der Waals surface area contributed by atoms with E-state index in [1.807, 2.05) is 31.2 Å². The summed E-state index contributed by atoms with van der Waals surface area (Å²) in [6.07, 6.45) is 3.52. The zero-order chi connectivity index (χ0) is 14.4. The monoisotopic (exact) mass is 270 g/mol. The van der Waals surface area contributed by atoms with Crippen LogP contribution in [0.25, 0.3) is 0 Å². The molecule has 20 heavy (non-hydrogen) atoms. The van der Waals surface area contributed by atoms with Gasteiger partial charge in [0.1, 0.15) is 0 Å². The molecule has 1 heterocycles. The number of hydrogen-bond donors (Lipinski definition) is 2. The highest BCUT2D eigenvalue weighted by Gasteiger charge is 2.03. The molecule has 1 amide bonds. The van der Waals surface area contributed by atoms with E-state index in [0.29, 0.717) is 13.1 Å². The van der Waals surface area contributed by atoms with Gasteiger partial charge in [-0.05, 0) is 18.6 Å². The third-order valence-corrected chi connectivity index (χ3v) is 2.78. The van der Waals surface area contributed by atoms with Crippen LogP contribution in [0.3, 0.4) is 0 Å². The lowest BCUT2D eigenvalue weighted by atomic mass is 10.1. The first-order valence-corrected chi connectivity index (χ1v) is 6.49. The maximum Gasteiger partial charge on any atom is 0.221 e. The standard InChI is InChI=1S/C15H18N4O/c1-11-7-18-14(10-17-11)9-16-8-13-5-3-4-6-15(13)19-12(2)20/h3-7,10,16H,8-9H2,1-2H3,(H,19,20). The molecular weight excluding hydrogens is 252 g/mol. The van der Waals surface area contributed by atoms with Crippen LogP contribution in [0, 0.1) is 6.92 Å². The number of aryl methyl sites for hydroxylation is 1. The molecule has 2 aromatic rings. The van der Waals surface area contributed by atoms with E-state index in [2.05, 4.69) is 20.6 Å². The predicted molar refractivity (Wildman–Crippen MR) is 78.1 cm³/mol. The Balaban J connectivity index is 1.93. The Labute approximate surface area is 118 Å². The SMILES string of the molecule is CC(=O)Nc1ccccc1CNCc1cnc(C)cn1. The molecule has 0 aliphatic heterocycles. The summed E-state index contributed by atoms with van der Waals surface area (Å²) in [5.74, 6) is -0.0677. The molecule has 0 fully saturated rings. The summed E-state index contributed by atoms with van der Waals surface area (Å²) in [5, 5.41) is 6.12. The van der Waals surface area contributed by atoms with Gasteiger partial charge in [-0.3, -0.25) is 14.8 Å². The van der Waals surface area contributed by atoms with Gasteiger partial charge in [-0.1, -0.05) is 18.2 Å². The second kappa shape index (κ2) is 6.77. The molecule has 0 spiro atoms. The first-order chi connectivity index (χ1) is 9.65. The number of nitrogens with one attached hydrogen (secondary N) is 2. The van der Waals surface area contributed by atoms with Crippen molar-refractivity contribution >= 4 is 11.6 Å². The number of amides is 1. The van der Waals surface area contributed by atoms with Gasteiger partial charge in [-0.25, -0.2) is 0 Å². The van der Waals surface area contributed by atoms with Crippen LogP contribution < -0.4 is 10.6 Å². The van der Waals surface area contributed by atoms with Crippen molar-refractivity contribution in [1.29, 1.82) is 0 Å². The molecule has 104 valence electrons. The molecule has 5 heteroatoms. The maximum atomic E-state index is 11.1. The average Bonchev–Trinajstić information content (AvgIpc) is 2.42. The Morgan fingerprint density at radius 1 is 1.15 bits per heavy atom. The van der Waals surface area contributed by atoms with E-state index in [1.165, 1.54) is 6.92 Å². The van der Waals surface area contributed by atoms with Gasteiger partial charge in [-0.2, -0.15) is 0 Å². The second-order valence-corrected chi connectivity index (χ2v) is 4.59. The Hall–Kier alpha value is -2.27. The summed E-state index contributed by atoms with van der Waals surface area (Å²) in [6.45, 7) is 4.72. The fourth-order valence-electron chi connectivity index (χ4n) is 1.82. The lowest BCUT2D eigenvalue weighted by molar-refractivity contribution is -0.114. The van der Waals surface area contributed by atoms with Crippen molar-refractivity contribution in [3.05, 3.63) is 53.6 Å². The lowest BCUT2D eigenvalue weighted by Crippen LogP contribution is -2.16. The number of carbonyl (C=O) groups is 1. The van der Waals surface area contributed by atoms with E-state index < -0.39 is 0 Å². The van der Waals surface area contributed by atoms with Crippen LogP contribution in [0.15, 0.2) is 36.7 Å². The van der Waals surface area contributed by atoms with Crippen LogP contribution in [0.1, 0.15) is 23.9 Å². The first kappa shape index (κ1) is 14.1. The van der Waals surface area contributed by atoms with Gasteiger partial charge >= 0.3 is 0 Å². The van der Waals surface area contributed by atoms with Crippen molar-refractivity contribution in [2.75, 3.05) is 5.32 Å². The maximum absolute atomic E-state index is 11.1. The highest BCUT2D eigenvalue weighted by atomic mass is 16.1. The van der Waals surface area contributed by atoms with Crippen LogP contribution in [0.5, 0.6) is 0 Å². The summed E-state index contributed by atoms with van der Waals surface area (Å²) in [5.41, 5.74) is 3.68. The fraction of sp³-hybridized carbons (Fsp3) is 0.267. The number of aromatic nitrogens is 2. The molecular formula is C15H18N4O. The quantitative estimate of drug-likeness (QED) is 0.872. The molecule has 5 nitrogen and oxygen atoms in total. The zero-order valence-electron chi connectivity index (χ0n) is 11.7. The van der Waals surface area contributed by atoms with Crippen molar-refractivity contribution in [2.45, 2.75) is 26.9 Å². The van der Waals surface area contributed by atoms with Crippen molar-refractivity contribution in [3.63, 3.8) is 0 Å². The normalized spacial score (nSPS) is 10.3. The van der Waals surface area contributed by atoms with Gasteiger partial charge in [0.15, 0.2) is 0 Å².